The van der Waals surface area contributed by atoms with Crippen molar-refractivity contribution in [3.63, 3.8) is 0 Å². The molecule has 0 unspecified atom stereocenters. The first-order valence-corrected chi connectivity index (χ1v) is 8.11. The lowest BCUT2D eigenvalue weighted by Gasteiger charge is -2.14. The molecule has 0 spiro atoms. The van der Waals surface area contributed by atoms with E-state index in [4.69, 9.17) is 11.5 Å². The predicted octanol–water partition coefficient (Wildman–Crippen LogP) is 0.108. The van der Waals surface area contributed by atoms with E-state index in [0.29, 0.717) is 11.4 Å². The van der Waals surface area contributed by atoms with E-state index in [1.807, 2.05) is 12.1 Å². The molecule has 0 radical (unpaired) electrons. The molecule has 0 aliphatic carbocycles. The van der Waals surface area contributed by atoms with Crippen LogP contribution in [0, 0.1) is 0 Å². The molecular formula is C11H17N3O3S2. The second-order valence-electron chi connectivity index (χ2n) is 3.96. The van der Waals surface area contributed by atoms with Crippen molar-refractivity contribution in [3.05, 3.63) is 24.3 Å². The molecule has 0 fully saturated rings. The third-order valence-electron chi connectivity index (χ3n) is 2.34. The van der Waals surface area contributed by atoms with E-state index >= 15 is 0 Å². The summed E-state index contributed by atoms with van der Waals surface area (Å²) in [6, 6.07) is 7.19. The Balaban J connectivity index is 2.47. The maximum atomic E-state index is 11.8. The highest BCUT2D eigenvalue weighted by molar-refractivity contribution is 8.00. The zero-order valence-electron chi connectivity index (χ0n) is 10.6. The molecular weight excluding hydrogens is 286 g/mol. The van der Waals surface area contributed by atoms with E-state index in [-0.39, 0.29) is 12.3 Å². The van der Waals surface area contributed by atoms with E-state index in [1.54, 1.807) is 12.1 Å². The summed E-state index contributed by atoms with van der Waals surface area (Å²) in [6.45, 7) is -0.297. The Morgan fingerprint density at radius 2 is 1.89 bits per heavy atom. The maximum Gasteiger partial charge on any atom is 0.232 e. The number of nitrogens with two attached hydrogens (primary N) is 2. The van der Waals surface area contributed by atoms with Crippen LogP contribution in [0.4, 0.5) is 5.69 Å². The second kappa shape index (κ2) is 6.78. The van der Waals surface area contributed by atoms with Crippen molar-refractivity contribution in [1.82, 2.24) is 4.31 Å². The monoisotopic (exact) mass is 303 g/mol. The summed E-state index contributed by atoms with van der Waals surface area (Å²) in [6.07, 6.45) is 0. The van der Waals surface area contributed by atoms with Gasteiger partial charge in [0.2, 0.25) is 15.9 Å². The Bertz CT molecular complexity index is 529. The van der Waals surface area contributed by atoms with Crippen LogP contribution in [-0.2, 0) is 14.8 Å². The number of carbonyl (C=O) groups is 1. The SMILES string of the molecule is CN(CC(N)=O)S(=O)(=O)CCSc1ccc(N)cc1. The number of anilines is 1. The van der Waals surface area contributed by atoms with Crippen LogP contribution < -0.4 is 11.5 Å². The van der Waals surface area contributed by atoms with E-state index < -0.39 is 15.9 Å². The van der Waals surface area contributed by atoms with E-state index in [0.717, 1.165) is 9.20 Å². The zero-order valence-corrected chi connectivity index (χ0v) is 12.2. The molecule has 1 aromatic carbocycles. The topological polar surface area (TPSA) is 106 Å². The van der Waals surface area contributed by atoms with Gasteiger partial charge in [-0.05, 0) is 24.3 Å². The van der Waals surface area contributed by atoms with Gasteiger partial charge in [-0.15, -0.1) is 11.8 Å². The third-order valence-corrected chi connectivity index (χ3v) is 5.41. The van der Waals surface area contributed by atoms with Gasteiger partial charge in [-0.3, -0.25) is 4.79 Å². The number of carbonyl (C=O) groups excluding carboxylic acids is 1. The number of primary amides is 1. The lowest BCUT2D eigenvalue weighted by molar-refractivity contribution is -0.118. The zero-order chi connectivity index (χ0) is 14.5. The minimum Gasteiger partial charge on any atom is -0.399 e. The fourth-order valence-corrected chi connectivity index (χ4v) is 3.68. The van der Waals surface area contributed by atoms with Crippen molar-refractivity contribution in [2.45, 2.75) is 4.90 Å². The summed E-state index contributed by atoms with van der Waals surface area (Å²) in [7, 11) is -2.11. The second-order valence-corrected chi connectivity index (χ2v) is 7.32. The van der Waals surface area contributed by atoms with Crippen LogP contribution in [0.5, 0.6) is 0 Å². The summed E-state index contributed by atoms with van der Waals surface area (Å²) in [5, 5.41) is 0. The maximum absolute atomic E-state index is 11.8. The molecule has 0 aliphatic rings. The van der Waals surface area contributed by atoms with Crippen LogP contribution in [0.3, 0.4) is 0 Å². The minimum atomic E-state index is -3.45. The molecule has 106 valence electrons. The number of amides is 1. The van der Waals surface area contributed by atoms with Crippen molar-refractivity contribution in [2.24, 2.45) is 5.73 Å². The molecule has 1 amide bonds. The standard InChI is InChI=1S/C11H17N3O3S2/c1-14(8-11(13)15)19(16,17)7-6-18-10-4-2-9(12)3-5-10/h2-5H,6-8,12H2,1H3,(H2,13,15). The van der Waals surface area contributed by atoms with Gasteiger partial charge in [-0.1, -0.05) is 0 Å². The van der Waals surface area contributed by atoms with Gasteiger partial charge >= 0.3 is 0 Å². The molecule has 0 bridgehead atoms. The number of hydrogen-bond acceptors (Lipinski definition) is 5. The first-order valence-electron chi connectivity index (χ1n) is 5.52. The highest BCUT2D eigenvalue weighted by atomic mass is 32.2. The first-order chi connectivity index (χ1) is 8.81. The Morgan fingerprint density at radius 1 is 1.32 bits per heavy atom. The normalized spacial score (nSPS) is 11.7. The number of thioether (sulfide) groups is 1. The van der Waals surface area contributed by atoms with Crippen LogP contribution >= 0.6 is 11.8 Å². The van der Waals surface area contributed by atoms with Crippen LogP contribution in [0.25, 0.3) is 0 Å². The van der Waals surface area contributed by atoms with E-state index in [9.17, 15) is 13.2 Å². The highest BCUT2D eigenvalue weighted by Gasteiger charge is 2.19. The van der Waals surface area contributed by atoms with Gasteiger partial charge in [0.25, 0.3) is 0 Å². The van der Waals surface area contributed by atoms with Crippen LogP contribution in [0.15, 0.2) is 29.2 Å². The van der Waals surface area contributed by atoms with Crippen LogP contribution in [0.2, 0.25) is 0 Å². The summed E-state index contributed by atoms with van der Waals surface area (Å²) in [4.78, 5) is 11.6. The number of hydrogen-bond donors (Lipinski definition) is 2. The van der Waals surface area contributed by atoms with Gasteiger partial charge < -0.3 is 11.5 Å². The van der Waals surface area contributed by atoms with E-state index in [1.165, 1.54) is 18.8 Å². The predicted molar refractivity (Wildman–Crippen MR) is 77.2 cm³/mol. The van der Waals surface area contributed by atoms with Gasteiger partial charge in [-0.2, -0.15) is 4.31 Å². The molecule has 0 atom stereocenters. The lowest BCUT2D eigenvalue weighted by Crippen LogP contribution is -2.37. The summed E-state index contributed by atoms with van der Waals surface area (Å²) >= 11 is 1.41. The molecule has 0 saturated heterocycles. The fourth-order valence-electron chi connectivity index (χ4n) is 1.30. The first kappa shape index (κ1) is 15.8. The minimum absolute atomic E-state index is 0.0498. The average Bonchev–Trinajstić information content (AvgIpc) is 2.30. The number of benzene rings is 1. The molecule has 4 N–H and O–H groups in total. The number of sulfonamides is 1. The van der Waals surface area contributed by atoms with E-state index in [2.05, 4.69) is 0 Å². The largest absolute Gasteiger partial charge is 0.399 e. The third kappa shape index (κ3) is 5.50. The molecule has 0 aromatic heterocycles. The van der Waals surface area contributed by atoms with Crippen molar-refractivity contribution < 1.29 is 13.2 Å². The van der Waals surface area contributed by atoms with Crippen molar-refractivity contribution in [3.8, 4) is 0 Å². The number of nitrogens with zero attached hydrogens (tertiary/aromatic N) is 1. The van der Waals surface area contributed by atoms with Crippen LogP contribution in [-0.4, -0.2) is 43.7 Å². The smallest absolute Gasteiger partial charge is 0.232 e. The molecule has 8 heteroatoms. The molecule has 1 aromatic rings. The Morgan fingerprint density at radius 3 is 2.42 bits per heavy atom. The van der Waals surface area contributed by atoms with Crippen molar-refractivity contribution in [2.75, 3.05) is 30.8 Å². The van der Waals surface area contributed by atoms with Crippen molar-refractivity contribution >= 4 is 33.4 Å². The average molecular weight is 303 g/mol. The molecule has 0 saturated carbocycles. The van der Waals surface area contributed by atoms with Gasteiger partial charge in [0.1, 0.15) is 0 Å². The number of rotatable bonds is 7. The Labute approximate surface area is 117 Å². The summed E-state index contributed by atoms with van der Waals surface area (Å²) < 4.78 is 24.6. The number of likely N-dealkylation sites (N-methyl/N-ethyl adjacent to an activating group) is 1. The van der Waals surface area contributed by atoms with Gasteiger partial charge in [-0.25, -0.2) is 8.42 Å². The number of nitrogen functional groups attached to an aromatic ring is 1. The molecule has 1 rings (SSSR count). The highest BCUT2D eigenvalue weighted by Crippen LogP contribution is 2.19. The molecule has 0 aliphatic heterocycles. The lowest BCUT2D eigenvalue weighted by atomic mass is 10.3. The summed E-state index contributed by atoms with van der Waals surface area (Å²) in [5.41, 5.74) is 11.2. The molecule has 19 heavy (non-hydrogen) atoms. The molecule has 0 heterocycles. The Kier molecular flexibility index (Phi) is 5.64. The van der Waals surface area contributed by atoms with Gasteiger partial charge in [0, 0.05) is 23.4 Å². The van der Waals surface area contributed by atoms with Crippen LogP contribution in [0.1, 0.15) is 0 Å². The fraction of sp³-hybridized carbons (Fsp3) is 0.364. The van der Waals surface area contributed by atoms with Gasteiger partial charge in [0.15, 0.2) is 0 Å². The Hall–Kier alpha value is -1.25. The van der Waals surface area contributed by atoms with Gasteiger partial charge in [0.05, 0.1) is 12.3 Å². The quantitative estimate of drug-likeness (QED) is 0.549. The van der Waals surface area contributed by atoms with Crippen molar-refractivity contribution in [1.29, 1.82) is 0 Å². The molecule has 6 nitrogen and oxygen atoms in total. The summed E-state index contributed by atoms with van der Waals surface area (Å²) in [5.74, 6) is -0.321.